The third kappa shape index (κ3) is 4.96. The first-order valence-corrected chi connectivity index (χ1v) is 9.88. The van der Waals surface area contributed by atoms with Crippen LogP contribution in [0, 0.1) is 10.1 Å². The molecule has 0 heterocycles. The maximum absolute atomic E-state index is 12.1. The van der Waals surface area contributed by atoms with Gasteiger partial charge in [0.15, 0.2) is 0 Å². The van der Waals surface area contributed by atoms with Crippen molar-refractivity contribution in [1.29, 1.82) is 0 Å². The third-order valence-corrected chi connectivity index (χ3v) is 6.48. The Kier molecular flexibility index (Phi) is 6.22. The predicted octanol–water partition coefficient (Wildman–Crippen LogP) is 2.94. The number of sulfonamides is 1. The Balaban J connectivity index is 1.85. The van der Waals surface area contributed by atoms with Crippen LogP contribution in [-0.2, 0) is 10.0 Å². The van der Waals surface area contributed by atoms with Gasteiger partial charge in [0, 0.05) is 29.7 Å². The Bertz CT molecular complexity index is 613. The molecule has 0 atom stereocenters. The average molecular weight is 344 g/mol. The Morgan fingerprint density at radius 2 is 2.00 bits per heavy atom. The Labute approximate surface area is 134 Å². The smallest absolute Gasteiger partial charge is 0.258 e. The zero-order valence-corrected chi connectivity index (χ0v) is 13.9. The van der Waals surface area contributed by atoms with E-state index in [-0.39, 0.29) is 10.6 Å². The van der Waals surface area contributed by atoms with E-state index in [1.165, 1.54) is 50.3 Å². The molecule has 0 spiro atoms. The Hall–Kier alpha value is -1.12. The summed E-state index contributed by atoms with van der Waals surface area (Å²) in [5.74, 6) is 0.721. The van der Waals surface area contributed by atoms with Gasteiger partial charge in [0.2, 0.25) is 10.0 Å². The molecular weight excluding hydrogens is 324 g/mol. The number of nitrogens with zero attached hydrogens (tertiary/aromatic N) is 1. The van der Waals surface area contributed by atoms with E-state index in [9.17, 15) is 18.5 Å². The van der Waals surface area contributed by atoms with Gasteiger partial charge in [0.25, 0.3) is 5.69 Å². The second-order valence-corrected chi connectivity index (χ2v) is 8.46. The van der Waals surface area contributed by atoms with E-state index >= 15 is 0 Å². The lowest BCUT2D eigenvalue weighted by molar-refractivity contribution is -0.385. The van der Waals surface area contributed by atoms with E-state index in [1.54, 1.807) is 11.8 Å². The molecule has 1 aromatic carbocycles. The molecule has 1 fully saturated rings. The monoisotopic (exact) mass is 344 g/mol. The van der Waals surface area contributed by atoms with Crippen LogP contribution >= 0.6 is 11.8 Å². The molecule has 22 heavy (non-hydrogen) atoms. The summed E-state index contributed by atoms with van der Waals surface area (Å²) in [6, 6.07) is 5.10. The topological polar surface area (TPSA) is 89.3 Å². The van der Waals surface area contributed by atoms with Crippen molar-refractivity contribution in [3.8, 4) is 0 Å². The van der Waals surface area contributed by atoms with Crippen LogP contribution in [0.25, 0.3) is 0 Å². The molecule has 6 nitrogen and oxygen atoms in total. The van der Waals surface area contributed by atoms with E-state index in [1.807, 2.05) is 0 Å². The van der Waals surface area contributed by atoms with Crippen molar-refractivity contribution in [3.05, 3.63) is 34.4 Å². The molecule has 1 aliphatic carbocycles. The highest BCUT2D eigenvalue weighted by Gasteiger charge is 2.18. The van der Waals surface area contributed by atoms with Crippen molar-refractivity contribution in [2.75, 3.05) is 12.3 Å². The maximum atomic E-state index is 12.1. The first kappa shape index (κ1) is 17.2. The zero-order valence-electron chi connectivity index (χ0n) is 12.2. The molecule has 1 N–H and O–H groups in total. The first-order chi connectivity index (χ1) is 10.5. The number of benzene rings is 1. The molecule has 1 aliphatic rings. The minimum Gasteiger partial charge on any atom is -0.258 e. The fourth-order valence-corrected chi connectivity index (χ4v) is 4.90. The van der Waals surface area contributed by atoms with Gasteiger partial charge < -0.3 is 0 Å². The van der Waals surface area contributed by atoms with Crippen molar-refractivity contribution >= 4 is 27.5 Å². The first-order valence-electron chi connectivity index (χ1n) is 7.35. The molecule has 0 unspecified atom stereocenters. The van der Waals surface area contributed by atoms with Crippen molar-refractivity contribution in [2.45, 2.75) is 42.2 Å². The fraction of sp³-hybridized carbons (Fsp3) is 0.571. The summed E-state index contributed by atoms with van der Waals surface area (Å²) in [4.78, 5) is 10.0. The van der Waals surface area contributed by atoms with Crippen LogP contribution in [0.1, 0.15) is 32.1 Å². The SMILES string of the molecule is O=[N+]([O-])c1cccc(S(=O)(=O)NCCSC2CCCCC2)c1. The van der Waals surface area contributed by atoms with Gasteiger partial charge in [-0.25, -0.2) is 13.1 Å². The van der Waals surface area contributed by atoms with Crippen LogP contribution in [-0.4, -0.2) is 30.9 Å². The van der Waals surface area contributed by atoms with E-state index < -0.39 is 14.9 Å². The minimum absolute atomic E-state index is 0.0654. The van der Waals surface area contributed by atoms with Crippen LogP contribution in [0.4, 0.5) is 5.69 Å². The average Bonchev–Trinajstić information content (AvgIpc) is 2.53. The van der Waals surface area contributed by atoms with Crippen LogP contribution in [0.15, 0.2) is 29.2 Å². The quantitative estimate of drug-likeness (QED) is 0.467. The van der Waals surface area contributed by atoms with E-state index in [0.29, 0.717) is 11.8 Å². The molecule has 1 aromatic rings. The number of hydrogen-bond donors (Lipinski definition) is 1. The van der Waals surface area contributed by atoms with E-state index in [4.69, 9.17) is 0 Å². The maximum Gasteiger partial charge on any atom is 0.270 e. The highest BCUT2D eigenvalue weighted by Crippen LogP contribution is 2.27. The number of rotatable bonds is 7. The summed E-state index contributed by atoms with van der Waals surface area (Å²) < 4.78 is 26.7. The number of hydrogen-bond acceptors (Lipinski definition) is 5. The summed E-state index contributed by atoms with van der Waals surface area (Å²) in [6.45, 7) is 0.339. The molecule has 0 aromatic heterocycles. The Morgan fingerprint density at radius 3 is 2.68 bits per heavy atom. The molecule has 1 saturated carbocycles. The number of nitrogens with one attached hydrogen (secondary N) is 1. The lowest BCUT2D eigenvalue weighted by atomic mass is 10.0. The molecule has 0 radical (unpaired) electrons. The second-order valence-electron chi connectivity index (χ2n) is 5.28. The molecule has 8 heteroatoms. The van der Waals surface area contributed by atoms with Gasteiger partial charge in [0.05, 0.1) is 9.82 Å². The van der Waals surface area contributed by atoms with Crippen molar-refractivity contribution < 1.29 is 13.3 Å². The number of thioether (sulfide) groups is 1. The molecule has 0 bridgehead atoms. The molecule has 0 amide bonds. The van der Waals surface area contributed by atoms with Gasteiger partial charge in [-0.05, 0) is 18.9 Å². The van der Waals surface area contributed by atoms with Crippen LogP contribution in [0.2, 0.25) is 0 Å². The standard InChI is InChI=1S/C14H20N2O4S2/c17-16(18)12-5-4-8-14(11-12)22(19,20)15-9-10-21-13-6-2-1-3-7-13/h4-5,8,11,13,15H,1-3,6-7,9-10H2. The van der Waals surface area contributed by atoms with Crippen molar-refractivity contribution in [2.24, 2.45) is 0 Å². The van der Waals surface area contributed by atoms with Gasteiger partial charge in [-0.15, -0.1) is 0 Å². The zero-order chi connectivity index (χ0) is 16.0. The number of nitro benzene ring substituents is 1. The normalized spacial score (nSPS) is 16.5. The third-order valence-electron chi connectivity index (χ3n) is 3.64. The van der Waals surface area contributed by atoms with E-state index in [0.717, 1.165) is 11.8 Å². The highest BCUT2D eigenvalue weighted by atomic mass is 32.2. The minimum atomic E-state index is -3.69. The van der Waals surface area contributed by atoms with Gasteiger partial charge in [-0.2, -0.15) is 11.8 Å². The molecular formula is C14H20N2O4S2. The highest BCUT2D eigenvalue weighted by molar-refractivity contribution is 8.00. The van der Waals surface area contributed by atoms with Gasteiger partial charge in [-0.1, -0.05) is 25.3 Å². The summed E-state index contributed by atoms with van der Waals surface area (Å²) in [7, 11) is -3.69. The van der Waals surface area contributed by atoms with Crippen LogP contribution in [0.5, 0.6) is 0 Å². The summed E-state index contributed by atoms with van der Waals surface area (Å²) in [6.07, 6.45) is 6.25. The molecule has 122 valence electrons. The molecule has 2 rings (SSSR count). The van der Waals surface area contributed by atoms with Gasteiger partial charge >= 0.3 is 0 Å². The van der Waals surface area contributed by atoms with Gasteiger partial charge in [0.1, 0.15) is 0 Å². The summed E-state index contributed by atoms with van der Waals surface area (Å²) in [5.41, 5.74) is -0.223. The number of nitro groups is 1. The molecule has 0 saturated heterocycles. The Morgan fingerprint density at radius 1 is 1.27 bits per heavy atom. The second kappa shape index (κ2) is 7.94. The lowest BCUT2D eigenvalue weighted by Crippen LogP contribution is -2.26. The predicted molar refractivity (Wildman–Crippen MR) is 87.6 cm³/mol. The van der Waals surface area contributed by atoms with Crippen LogP contribution in [0.3, 0.4) is 0 Å². The molecule has 0 aliphatic heterocycles. The van der Waals surface area contributed by atoms with E-state index in [2.05, 4.69) is 4.72 Å². The summed E-state index contributed by atoms with van der Waals surface area (Å²) in [5, 5.41) is 11.3. The number of non-ortho nitro benzene ring substituents is 1. The van der Waals surface area contributed by atoms with Gasteiger partial charge in [-0.3, -0.25) is 10.1 Å². The largest absolute Gasteiger partial charge is 0.270 e. The van der Waals surface area contributed by atoms with Crippen molar-refractivity contribution in [3.63, 3.8) is 0 Å². The summed E-state index contributed by atoms with van der Waals surface area (Å²) >= 11 is 1.81. The van der Waals surface area contributed by atoms with Crippen LogP contribution < -0.4 is 4.72 Å². The van der Waals surface area contributed by atoms with Crippen molar-refractivity contribution in [1.82, 2.24) is 4.72 Å². The lowest BCUT2D eigenvalue weighted by Gasteiger charge is -2.20. The fourth-order valence-electron chi connectivity index (χ4n) is 2.48.